The predicted octanol–water partition coefficient (Wildman–Crippen LogP) is -2.54. The summed E-state index contributed by atoms with van der Waals surface area (Å²) in [6, 6.07) is 9.02. The third-order valence-electron chi connectivity index (χ3n) is 5.73. The SMILES string of the molecule is NC(=O)c1cc[n+](CC2=C(C(=O)[O-])N3C(=O)[C@@H](NC(=O)[C@@H](c4ccccc4)S(=O)(=O)O)[C@H]3SC2)cc1.[NaH]. The van der Waals surface area contributed by atoms with Gasteiger partial charge in [-0.15, -0.1) is 11.8 Å². The Balaban J connectivity index is 0.00000380. The summed E-state index contributed by atoms with van der Waals surface area (Å²) in [4.78, 5) is 49.9. The number of β-lactam (4-membered cyclic amide) rings is 1. The zero-order valence-electron chi connectivity index (χ0n) is 18.4. The van der Waals surface area contributed by atoms with Crippen LogP contribution in [0, 0.1) is 0 Å². The van der Waals surface area contributed by atoms with Crippen molar-refractivity contribution in [2.45, 2.75) is 23.2 Å². The Morgan fingerprint density at radius 2 is 1.81 bits per heavy atom. The number of nitrogens with one attached hydrogen (secondary N) is 1. The standard InChI is InChI=1S/C22H20N4O8S2.Na.H/c23-18(27)13-6-8-25(9-7-13)10-14-11-35-21-15(20(29)26(21)16(14)22(30)31)24-19(28)17(36(32,33)34)12-4-2-1-3-5-12;;/h1-9,15,17,21H,10-11H2,(H4-,23,24,27,28,30,31,32,33,34);;/t15-,17-,21-;;/m1../s1. The van der Waals surface area contributed by atoms with Crippen LogP contribution in [-0.4, -0.2) is 88.3 Å². The number of aromatic nitrogens is 1. The molecule has 4 N–H and O–H groups in total. The van der Waals surface area contributed by atoms with E-state index in [1.54, 1.807) is 10.6 Å². The molecule has 0 spiro atoms. The van der Waals surface area contributed by atoms with E-state index >= 15 is 0 Å². The van der Waals surface area contributed by atoms with E-state index in [-0.39, 0.29) is 58.7 Å². The van der Waals surface area contributed by atoms with Crippen LogP contribution in [0.15, 0.2) is 66.1 Å². The molecule has 3 heterocycles. The molecule has 3 atom stereocenters. The van der Waals surface area contributed by atoms with Crippen molar-refractivity contribution in [1.29, 1.82) is 0 Å². The molecule has 4 rings (SSSR count). The molecule has 1 saturated heterocycles. The Morgan fingerprint density at radius 3 is 2.35 bits per heavy atom. The number of carboxylic acid groups (broad SMARTS) is 1. The topological polar surface area (TPSA) is 191 Å². The average molecular weight is 557 g/mol. The molecule has 37 heavy (non-hydrogen) atoms. The zero-order valence-corrected chi connectivity index (χ0v) is 20.1. The first-order valence-electron chi connectivity index (χ1n) is 10.5. The molecule has 2 aromatic rings. The average Bonchev–Trinajstić information content (AvgIpc) is 2.82. The summed E-state index contributed by atoms with van der Waals surface area (Å²) in [5, 5.41) is 11.5. The second-order valence-corrected chi connectivity index (χ2v) is 10.7. The monoisotopic (exact) mass is 556 g/mol. The van der Waals surface area contributed by atoms with Gasteiger partial charge >= 0.3 is 29.6 Å². The van der Waals surface area contributed by atoms with E-state index in [9.17, 15) is 37.3 Å². The van der Waals surface area contributed by atoms with Crippen LogP contribution in [0.4, 0.5) is 0 Å². The molecule has 15 heteroatoms. The summed E-state index contributed by atoms with van der Waals surface area (Å²) in [5.74, 6) is -3.89. The summed E-state index contributed by atoms with van der Waals surface area (Å²) in [6.45, 7) is 0.0850. The molecule has 1 aromatic carbocycles. The number of hydrogen-bond acceptors (Lipinski definition) is 8. The van der Waals surface area contributed by atoms with Crippen molar-refractivity contribution in [2.75, 3.05) is 5.75 Å². The van der Waals surface area contributed by atoms with Crippen molar-refractivity contribution < 1.29 is 41.8 Å². The van der Waals surface area contributed by atoms with Crippen molar-refractivity contribution in [3.63, 3.8) is 0 Å². The quantitative estimate of drug-likeness (QED) is 0.136. The second kappa shape index (κ2) is 11.3. The van der Waals surface area contributed by atoms with Gasteiger partial charge in [-0.2, -0.15) is 8.42 Å². The molecule has 190 valence electrons. The van der Waals surface area contributed by atoms with Crippen molar-refractivity contribution in [3.05, 3.63) is 77.3 Å². The Morgan fingerprint density at radius 1 is 1.19 bits per heavy atom. The number of amides is 3. The maximum atomic E-state index is 12.9. The fourth-order valence-corrected chi connectivity index (χ4v) is 6.23. The van der Waals surface area contributed by atoms with Crippen LogP contribution >= 0.6 is 11.8 Å². The van der Waals surface area contributed by atoms with Crippen LogP contribution in [0.5, 0.6) is 0 Å². The number of fused-ring (bicyclic) bond motifs is 1. The molecule has 1 aromatic heterocycles. The number of primary amides is 1. The molecule has 0 unspecified atom stereocenters. The molecule has 0 saturated carbocycles. The number of carboxylic acids is 1. The molecule has 2 aliphatic rings. The van der Waals surface area contributed by atoms with Gasteiger partial charge in [0.2, 0.25) is 11.8 Å². The minimum atomic E-state index is -4.86. The number of nitrogens with two attached hydrogens (primary N) is 1. The number of pyridine rings is 1. The van der Waals surface area contributed by atoms with Crippen LogP contribution in [-0.2, 0) is 31.0 Å². The number of benzene rings is 1. The second-order valence-electron chi connectivity index (χ2n) is 8.06. The third kappa shape index (κ3) is 5.89. The van der Waals surface area contributed by atoms with Gasteiger partial charge < -0.3 is 21.0 Å². The van der Waals surface area contributed by atoms with Gasteiger partial charge in [0.25, 0.3) is 16.0 Å². The fraction of sp³-hybridized carbons (Fsp3) is 0.227. The van der Waals surface area contributed by atoms with Gasteiger partial charge in [0, 0.05) is 23.5 Å². The third-order valence-corrected chi connectivity index (χ3v) is 8.15. The van der Waals surface area contributed by atoms with Crippen LogP contribution in [0.1, 0.15) is 21.2 Å². The normalized spacial score (nSPS) is 19.7. The summed E-state index contributed by atoms with van der Waals surface area (Å²) in [6.07, 6.45) is 3.08. The van der Waals surface area contributed by atoms with E-state index in [1.807, 2.05) is 0 Å². The molecule has 0 bridgehead atoms. The van der Waals surface area contributed by atoms with Gasteiger partial charge in [0.05, 0.1) is 17.2 Å². The number of nitrogens with zero attached hydrogens (tertiary/aromatic N) is 2. The number of hydrogen-bond donors (Lipinski definition) is 3. The molecule has 1 fully saturated rings. The van der Waals surface area contributed by atoms with Gasteiger partial charge in [-0.25, -0.2) is 4.57 Å². The molecule has 2 aliphatic heterocycles. The van der Waals surface area contributed by atoms with Crippen LogP contribution in [0.3, 0.4) is 0 Å². The Bertz CT molecular complexity index is 1380. The number of thioether (sulfide) groups is 1. The number of rotatable bonds is 8. The fourth-order valence-electron chi connectivity index (χ4n) is 4.06. The van der Waals surface area contributed by atoms with E-state index in [2.05, 4.69) is 5.32 Å². The molecular weight excluding hydrogens is 535 g/mol. The van der Waals surface area contributed by atoms with E-state index in [0.717, 1.165) is 4.90 Å². The van der Waals surface area contributed by atoms with E-state index in [4.69, 9.17) is 5.73 Å². The first-order chi connectivity index (χ1) is 17.0. The van der Waals surface area contributed by atoms with Crippen LogP contribution in [0.25, 0.3) is 0 Å². The number of carbonyl (C=O) groups is 4. The van der Waals surface area contributed by atoms with Crippen molar-refractivity contribution in [3.8, 4) is 0 Å². The Kier molecular flexibility index (Phi) is 8.82. The Labute approximate surface area is 237 Å². The summed E-state index contributed by atoms with van der Waals surface area (Å²) < 4.78 is 35.1. The van der Waals surface area contributed by atoms with Crippen LogP contribution in [0.2, 0.25) is 0 Å². The van der Waals surface area contributed by atoms with Gasteiger partial charge in [-0.1, -0.05) is 30.3 Å². The van der Waals surface area contributed by atoms with Crippen LogP contribution < -0.4 is 20.7 Å². The molecule has 0 radical (unpaired) electrons. The van der Waals surface area contributed by atoms with E-state index in [1.165, 1.54) is 60.6 Å². The minimum absolute atomic E-state index is 0. The molecule has 0 aliphatic carbocycles. The molecular formula is C22H21N4NaO8S2. The van der Waals surface area contributed by atoms with Crippen molar-refractivity contribution >= 4 is 75.1 Å². The van der Waals surface area contributed by atoms with Gasteiger partial charge in [0.1, 0.15) is 11.4 Å². The van der Waals surface area contributed by atoms with Crippen molar-refractivity contribution in [1.82, 2.24) is 10.2 Å². The molecule has 3 amide bonds. The summed E-state index contributed by atoms with van der Waals surface area (Å²) >= 11 is 1.18. The van der Waals surface area contributed by atoms with Gasteiger partial charge in [0.15, 0.2) is 24.2 Å². The first-order valence-corrected chi connectivity index (χ1v) is 13.0. The first kappa shape index (κ1) is 28.8. The van der Waals surface area contributed by atoms with Crippen molar-refractivity contribution in [2.24, 2.45) is 5.73 Å². The van der Waals surface area contributed by atoms with E-state index in [0.29, 0.717) is 5.57 Å². The molecule has 12 nitrogen and oxygen atoms in total. The maximum absolute atomic E-state index is 12.9. The summed E-state index contributed by atoms with van der Waals surface area (Å²) in [7, 11) is -4.86. The van der Waals surface area contributed by atoms with Gasteiger partial charge in [-0.3, -0.25) is 23.8 Å². The summed E-state index contributed by atoms with van der Waals surface area (Å²) in [5.41, 5.74) is 5.53. The number of aliphatic carboxylic acids is 1. The Hall–Kier alpha value is -2.75. The van der Waals surface area contributed by atoms with Gasteiger partial charge in [-0.05, 0) is 5.56 Å². The zero-order chi connectivity index (χ0) is 26.2. The van der Waals surface area contributed by atoms with E-state index < -0.39 is 50.5 Å². The predicted molar refractivity (Wildman–Crippen MR) is 130 cm³/mol. The number of carbonyl (C=O) groups excluding carboxylic acids is 4.